The van der Waals surface area contributed by atoms with E-state index in [0.29, 0.717) is 6.04 Å². The largest absolute Gasteiger partial charge is 0.490 e. The van der Waals surface area contributed by atoms with Gasteiger partial charge in [0.2, 0.25) is 5.91 Å². The number of nitrogens with one attached hydrogen (secondary N) is 1. The standard InChI is InChI=1S/C9H16N2O.C2HF3O2/c10-7-1-4-9(5-2-7)6-3-8(12)11-9;3-2(4,5)1(6)7/h7H,1-6,10H2,(H,11,12);(H,6,7). The summed E-state index contributed by atoms with van der Waals surface area (Å²) in [7, 11) is 0. The van der Waals surface area contributed by atoms with Crippen molar-refractivity contribution >= 4 is 11.9 Å². The predicted molar refractivity (Wildman–Crippen MR) is 60.2 cm³/mol. The van der Waals surface area contributed by atoms with Crippen LogP contribution < -0.4 is 11.1 Å². The summed E-state index contributed by atoms with van der Waals surface area (Å²) in [6, 6.07) is 0.369. The molecular formula is C11H17F3N2O3. The molecule has 5 nitrogen and oxygen atoms in total. The molecule has 2 fully saturated rings. The molecule has 4 N–H and O–H groups in total. The number of carboxylic acid groups (broad SMARTS) is 1. The molecule has 8 heteroatoms. The van der Waals surface area contributed by atoms with E-state index in [9.17, 15) is 18.0 Å². The minimum atomic E-state index is -5.08. The molecule has 0 aromatic heterocycles. The average Bonchev–Trinajstić information content (AvgIpc) is 2.65. The molecular weight excluding hydrogens is 265 g/mol. The molecule has 1 spiro atoms. The molecule has 1 aliphatic carbocycles. The van der Waals surface area contributed by atoms with Crippen molar-refractivity contribution < 1.29 is 27.9 Å². The Kier molecular flexibility index (Phi) is 4.78. The van der Waals surface area contributed by atoms with E-state index in [4.69, 9.17) is 15.6 Å². The first-order chi connectivity index (χ1) is 8.65. The molecule has 2 rings (SSSR count). The minimum Gasteiger partial charge on any atom is -0.475 e. The highest BCUT2D eigenvalue weighted by molar-refractivity contribution is 5.79. The van der Waals surface area contributed by atoms with Gasteiger partial charge in [-0.2, -0.15) is 13.2 Å². The van der Waals surface area contributed by atoms with Crippen molar-refractivity contribution in [2.45, 2.75) is 56.3 Å². The fraction of sp³-hybridized carbons (Fsp3) is 0.818. The van der Waals surface area contributed by atoms with Gasteiger partial charge < -0.3 is 16.2 Å². The summed E-state index contributed by atoms with van der Waals surface area (Å²) in [5.41, 5.74) is 5.95. The van der Waals surface area contributed by atoms with Crippen LogP contribution in [0.3, 0.4) is 0 Å². The van der Waals surface area contributed by atoms with Gasteiger partial charge in [-0.15, -0.1) is 0 Å². The number of carboxylic acids is 1. The Balaban J connectivity index is 0.000000224. The second-order valence-electron chi connectivity index (χ2n) is 4.97. The van der Waals surface area contributed by atoms with Gasteiger partial charge in [-0.3, -0.25) is 4.79 Å². The molecule has 110 valence electrons. The van der Waals surface area contributed by atoms with Crippen LogP contribution in [0.25, 0.3) is 0 Å². The molecule has 1 aliphatic heterocycles. The lowest BCUT2D eigenvalue weighted by molar-refractivity contribution is -0.192. The van der Waals surface area contributed by atoms with E-state index in [-0.39, 0.29) is 11.4 Å². The molecule has 1 amide bonds. The summed E-state index contributed by atoms with van der Waals surface area (Å²) < 4.78 is 31.7. The highest BCUT2D eigenvalue weighted by Crippen LogP contribution is 2.34. The lowest BCUT2D eigenvalue weighted by atomic mass is 9.79. The molecule has 19 heavy (non-hydrogen) atoms. The van der Waals surface area contributed by atoms with Gasteiger partial charge in [0, 0.05) is 18.0 Å². The Hall–Kier alpha value is -1.31. The molecule has 0 unspecified atom stereocenters. The van der Waals surface area contributed by atoms with E-state index >= 15 is 0 Å². The summed E-state index contributed by atoms with van der Waals surface area (Å²) in [4.78, 5) is 20.0. The smallest absolute Gasteiger partial charge is 0.475 e. The minimum absolute atomic E-state index is 0.146. The maximum atomic E-state index is 11.1. The van der Waals surface area contributed by atoms with Crippen LogP contribution in [0.4, 0.5) is 13.2 Å². The molecule has 0 radical (unpaired) electrons. The number of hydrogen-bond donors (Lipinski definition) is 3. The molecule has 1 saturated carbocycles. The Bertz CT molecular complexity index is 350. The van der Waals surface area contributed by atoms with Gasteiger partial charge >= 0.3 is 12.1 Å². The first kappa shape index (κ1) is 15.7. The lowest BCUT2D eigenvalue weighted by Crippen LogP contribution is -2.46. The quantitative estimate of drug-likeness (QED) is 0.622. The number of hydrogen-bond acceptors (Lipinski definition) is 3. The monoisotopic (exact) mass is 282 g/mol. The van der Waals surface area contributed by atoms with Crippen LogP contribution in [-0.4, -0.2) is 34.7 Å². The van der Waals surface area contributed by atoms with Crippen molar-refractivity contribution in [3.8, 4) is 0 Å². The van der Waals surface area contributed by atoms with E-state index in [1.807, 2.05) is 0 Å². The Morgan fingerprint density at radius 3 is 2.11 bits per heavy atom. The van der Waals surface area contributed by atoms with Crippen molar-refractivity contribution in [2.24, 2.45) is 5.73 Å². The van der Waals surface area contributed by atoms with Crippen LogP contribution in [0.5, 0.6) is 0 Å². The molecule has 0 bridgehead atoms. The average molecular weight is 282 g/mol. The fourth-order valence-corrected chi connectivity index (χ4v) is 2.34. The number of carbonyl (C=O) groups excluding carboxylic acids is 1. The van der Waals surface area contributed by atoms with E-state index in [2.05, 4.69) is 5.32 Å². The second-order valence-corrected chi connectivity index (χ2v) is 4.97. The van der Waals surface area contributed by atoms with Crippen molar-refractivity contribution in [2.75, 3.05) is 0 Å². The number of nitrogens with two attached hydrogens (primary N) is 1. The van der Waals surface area contributed by atoms with Gasteiger partial charge in [0.05, 0.1) is 0 Å². The Morgan fingerprint density at radius 2 is 1.79 bits per heavy atom. The molecule has 1 heterocycles. The third-order valence-corrected chi connectivity index (χ3v) is 3.47. The summed E-state index contributed by atoms with van der Waals surface area (Å²) in [5, 5.41) is 10.2. The Labute approximate surface area is 108 Å². The molecule has 0 aromatic rings. The van der Waals surface area contributed by atoms with Gasteiger partial charge in [0.1, 0.15) is 0 Å². The molecule has 1 saturated heterocycles. The third-order valence-electron chi connectivity index (χ3n) is 3.47. The number of halogens is 3. The van der Waals surface area contributed by atoms with E-state index in [1.54, 1.807) is 0 Å². The SMILES string of the molecule is NC1CCC2(CCC(=O)N2)CC1.O=C(O)C(F)(F)F. The van der Waals surface area contributed by atoms with Gasteiger partial charge in [-0.05, 0) is 32.1 Å². The molecule has 0 atom stereocenters. The van der Waals surface area contributed by atoms with Crippen molar-refractivity contribution in [1.29, 1.82) is 0 Å². The highest BCUT2D eigenvalue weighted by Gasteiger charge is 2.39. The van der Waals surface area contributed by atoms with E-state index in [1.165, 1.54) is 0 Å². The third kappa shape index (κ3) is 4.70. The lowest BCUT2D eigenvalue weighted by Gasteiger charge is -2.35. The summed E-state index contributed by atoms with van der Waals surface area (Å²) in [6.45, 7) is 0. The summed E-state index contributed by atoms with van der Waals surface area (Å²) in [6.07, 6.45) is 0.966. The van der Waals surface area contributed by atoms with Crippen LogP contribution in [0.1, 0.15) is 38.5 Å². The van der Waals surface area contributed by atoms with Crippen molar-refractivity contribution in [1.82, 2.24) is 5.32 Å². The summed E-state index contributed by atoms with van der Waals surface area (Å²) >= 11 is 0. The topological polar surface area (TPSA) is 92.4 Å². The normalized spacial score (nSPS) is 30.5. The molecule has 0 aromatic carbocycles. The number of amides is 1. The number of alkyl halides is 3. The maximum absolute atomic E-state index is 11.1. The number of carbonyl (C=O) groups is 2. The zero-order chi connectivity index (χ0) is 14.7. The van der Waals surface area contributed by atoms with Gasteiger partial charge in [0.25, 0.3) is 0 Å². The van der Waals surface area contributed by atoms with Gasteiger partial charge in [-0.25, -0.2) is 4.79 Å². The number of aliphatic carboxylic acids is 1. The van der Waals surface area contributed by atoms with Crippen molar-refractivity contribution in [3.63, 3.8) is 0 Å². The van der Waals surface area contributed by atoms with Crippen LogP contribution in [0.15, 0.2) is 0 Å². The van der Waals surface area contributed by atoms with Crippen LogP contribution in [0.2, 0.25) is 0 Å². The molecule has 2 aliphatic rings. The summed E-state index contributed by atoms with van der Waals surface area (Å²) in [5.74, 6) is -2.53. The fourth-order valence-electron chi connectivity index (χ4n) is 2.34. The predicted octanol–water partition coefficient (Wildman–Crippen LogP) is 1.17. The van der Waals surface area contributed by atoms with Gasteiger partial charge in [-0.1, -0.05) is 0 Å². The highest BCUT2D eigenvalue weighted by atomic mass is 19.4. The second kappa shape index (κ2) is 5.77. The first-order valence-corrected chi connectivity index (χ1v) is 6.01. The number of rotatable bonds is 0. The van der Waals surface area contributed by atoms with Crippen molar-refractivity contribution in [3.05, 3.63) is 0 Å². The van der Waals surface area contributed by atoms with Gasteiger partial charge in [0.15, 0.2) is 0 Å². The van der Waals surface area contributed by atoms with Crippen LogP contribution in [-0.2, 0) is 9.59 Å². The van der Waals surface area contributed by atoms with E-state index < -0.39 is 12.1 Å². The van der Waals surface area contributed by atoms with E-state index in [0.717, 1.165) is 38.5 Å². The zero-order valence-electron chi connectivity index (χ0n) is 10.3. The zero-order valence-corrected chi connectivity index (χ0v) is 10.3. The van der Waals surface area contributed by atoms with Crippen LogP contribution >= 0.6 is 0 Å². The van der Waals surface area contributed by atoms with Crippen LogP contribution in [0, 0.1) is 0 Å². The first-order valence-electron chi connectivity index (χ1n) is 6.01. The Morgan fingerprint density at radius 1 is 1.32 bits per heavy atom. The maximum Gasteiger partial charge on any atom is 0.490 e.